The van der Waals surface area contributed by atoms with Gasteiger partial charge in [-0.2, -0.15) is 5.26 Å². The third-order valence-corrected chi connectivity index (χ3v) is 3.02. The number of ether oxygens (including phenoxy) is 1. The highest BCUT2D eigenvalue weighted by atomic mass is 35.5. The van der Waals surface area contributed by atoms with Crippen LogP contribution in [0.2, 0.25) is 10.2 Å². The van der Waals surface area contributed by atoms with Crippen molar-refractivity contribution in [2.45, 2.75) is 13.0 Å². The van der Waals surface area contributed by atoms with E-state index in [1.807, 2.05) is 24.3 Å². The molecule has 19 heavy (non-hydrogen) atoms. The average Bonchev–Trinajstić information content (AvgIpc) is 2.42. The topological polar surface area (TPSA) is 45.9 Å². The van der Waals surface area contributed by atoms with E-state index in [-0.39, 0.29) is 6.61 Å². The largest absolute Gasteiger partial charge is 0.487 e. The van der Waals surface area contributed by atoms with Crippen LogP contribution in [0.25, 0.3) is 0 Å². The van der Waals surface area contributed by atoms with E-state index in [4.69, 9.17) is 33.2 Å². The first-order valence-electron chi connectivity index (χ1n) is 5.58. The zero-order valence-corrected chi connectivity index (χ0v) is 11.4. The van der Waals surface area contributed by atoms with E-state index < -0.39 is 0 Å². The first-order valence-corrected chi connectivity index (χ1v) is 6.34. The highest BCUT2D eigenvalue weighted by molar-refractivity contribution is 6.32. The molecular weight excluding hydrogens is 283 g/mol. The standard InChI is InChI=1S/C14H10Cl2N2O/c15-12-5-6-14(16)18-13(12)9-19-11-3-1-10(2-4-11)7-8-17/h1-6H,7,9H2. The van der Waals surface area contributed by atoms with Gasteiger partial charge in [0.05, 0.1) is 23.2 Å². The van der Waals surface area contributed by atoms with Crippen LogP contribution in [0.3, 0.4) is 0 Å². The van der Waals surface area contributed by atoms with E-state index in [2.05, 4.69) is 11.1 Å². The summed E-state index contributed by atoms with van der Waals surface area (Å²) >= 11 is 11.8. The Kier molecular flexibility index (Phi) is 4.62. The number of halogens is 2. The van der Waals surface area contributed by atoms with Crippen molar-refractivity contribution in [1.29, 1.82) is 5.26 Å². The lowest BCUT2D eigenvalue weighted by Crippen LogP contribution is -1.99. The molecule has 0 spiro atoms. The van der Waals surface area contributed by atoms with Gasteiger partial charge >= 0.3 is 0 Å². The quantitative estimate of drug-likeness (QED) is 0.799. The molecule has 5 heteroatoms. The molecule has 0 amide bonds. The van der Waals surface area contributed by atoms with Crippen molar-refractivity contribution in [3.05, 3.63) is 57.8 Å². The van der Waals surface area contributed by atoms with Gasteiger partial charge in [0.1, 0.15) is 17.5 Å². The molecule has 1 aromatic carbocycles. The summed E-state index contributed by atoms with van der Waals surface area (Å²) in [6, 6.07) is 12.7. The van der Waals surface area contributed by atoms with Crippen LogP contribution in [-0.2, 0) is 13.0 Å². The summed E-state index contributed by atoms with van der Waals surface area (Å²) in [5, 5.41) is 9.48. The van der Waals surface area contributed by atoms with Crippen LogP contribution in [0.15, 0.2) is 36.4 Å². The Morgan fingerprint density at radius 2 is 1.84 bits per heavy atom. The number of hydrogen-bond donors (Lipinski definition) is 0. The Morgan fingerprint density at radius 3 is 2.53 bits per heavy atom. The average molecular weight is 293 g/mol. The van der Waals surface area contributed by atoms with Gasteiger partial charge in [0.15, 0.2) is 0 Å². The van der Waals surface area contributed by atoms with Crippen LogP contribution in [0, 0.1) is 11.3 Å². The summed E-state index contributed by atoms with van der Waals surface area (Å²) in [5.74, 6) is 0.694. The van der Waals surface area contributed by atoms with E-state index in [0.29, 0.717) is 28.0 Å². The lowest BCUT2D eigenvalue weighted by Gasteiger charge is -2.07. The van der Waals surface area contributed by atoms with Crippen LogP contribution in [0.1, 0.15) is 11.3 Å². The fourth-order valence-electron chi connectivity index (χ4n) is 1.51. The van der Waals surface area contributed by atoms with Gasteiger partial charge in [0.2, 0.25) is 0 Å². The lowest BCUT2D eigenvalue weighted by atomic mass is 10.2. The first kappa shape index (κ1) is 13.7. The van der Waals surface area contributed by atoms with Crippen molar-refractivity contribution in [2.24, 2.45) is 0 Å². The molecule has 1 heterocycles. The number of hydrogen-bond acceptors (Lipinski definition) is 3. The summed E-state index contributed by atoms with van der Waals surface area (Å²) < 4.78 is 5.57. The van der Waals surface area contributed by atoms with E-state index in [0.717, 1.165) is 5.56 Å². The molecule has 3 nitrogen and oxygen atoms in total. The molecule has 0 aliphatic rings. The minimum atomic E-state index is 0.247. The summed E-state index contributed by atoms with van der Waals surface area (Å²) in [6.45, 7) is 0.247. The maximum Gasteiger partial charge on any atom is 0.132 e. The molecule has 2 rings (SSSR count). The van der Waals surface area contributed by atoms with E-state index in [9.17, 15) is 0 Å². The van der Waals surface area contributed by atoms with Crippen molar-refractivity contribution >= 4 is 23.2 Å². The molecule has 0 aliphatic heterocycles. The molecule has 0 fully saturated rings. The Balaban J connectivity index is 2.02. The highest BCUT2D eigenvalue weighted by Gasteiger charge is 2.04. The molecule has 2 aromatic rings. The number of rotatable bonds is 4. The van der Waals surface area contributed by atoms with Crippen molar-refractivity contribution in [3.8, 4) is 11.8 Å². The van der Waals surface area contributed by atoms with Crippen LogP contribution >= 0.6 is 23.2 Å². The van der Waals surface area contributed by atoms with Gasteiger partial charge in [0.25, 0.3) is 0 Å². The zero-order chi connectivity index (χ0) is 13.7. The molecule has 0 bridgehead atoms. The maximum atomic E-state index is 8.58. The van der Waals surface area contributed by atoms with Crippen LogP contribution in [0.4, 0.5) is 0 Å². The third-order valence-electron chi connectivity index (χ3n) is 2.47. The molecule has 0 saturated carbocycles. The normalized spacial score (nSPS) is 9.95. The van der Waals surface area contributed by atoms with E-state index in [1.54, 1.807) is 12.1 Å². The molecule has 0 aliphatic carbocycles. The third kappa shape index (κ3) is 3.85. The van der Waals surface area contributed by atoms with Crippen LogP contribution in [-0.4, -0.2) is 4.98 Å². The summed E-state index contributed by atoms with van der Waals surface area (Å²) in [7, 11) is 0. The monoisotopic (exact) mass is 292 g/mol. The maximum absolute atomic E-state index is 8.58. The zero-order valence-electron chi connectivity index (χ0n) is 9.94. The number of benzene rings is 1. The minimum absolute atomic E-state index is 0.247. The van der Waals surface area contributed by atoms with Crippen LogP contribution < -0.4 is 4.74 Å². The SMILES string of the molecule is N#CCc1ccc(OCc2nc(Cl)ccc2Cl)cc1. The predicted molar refractivity (Wildman–Crippen MR) is 74.3 cm³/mol. The number of aromatic nitrogens is 1. The fourth-order valence-corrected chi connectivity index (χ4v) is 1.83. The number of nitriles is 1. The second-order valence-corrected chi connectivity index (χ2v) is 4.62. The molecule has 1 aromatic heterocycles. The van der Waals surface area contributed by atoms with Gasteiger partial charge < -0.3 is 4.74 Å². The highest BCUT2D eigenvalue weighted by Crippen LogP contribution is 2.19. The molecular formula is C14H10Cl2N2O. The van der Waals surface area contributed by atoms with Crippen molar-refractivity contribution in [2.75, 3.05) is 0 Å². The molecule has 0 atom stereocenters. The summed E-state index contributed by atoms with van der Waals surface area (Å²) in [6.07, 6.45) is 0.391. The van der Waals surface area contributed by atoms with Crippen molar-refractivity contribution in [3.63, 3.8) is 0 Å². The van der Waals surface area contributed by atoms with Crippen LogP contribution in [0.5, 0.6) is 5.75 Å². The smallest absolute Gasteiger partial charge is 0.132 e. The van der Waals surface area contributed by atoms with Crippen molar-refractivity contribution in [1.82, 2.24) is 4.98 Å². The number of pyridine rings is 1. The Bertz CT molecular complexity index is 606. The van der Waals surface area contributed by atoms with Crippen molar-refractivity contribution < 1.29 is 4.74 Å². The summed E-state index contributed by atoms with van der Waals surface area (Å²) in [5.41, 5.74) is 1.55. The first-order chi connectivity index (χ1) is 9.19. The molecule has 0 N–H and O–H groups in total. The summed E-state index contributed by atoms with van der Waals surface area (Å²) in [4.78, 5) is 4.10. The van der Waals surface area contributed by atoms with Gasteiger partial charge in [-0.25, -0.2) is 4.98 Å². The molecule has 0 unspecified atom stereocenters. The molecule has 0 radical (unpaired) electrons. The Morgan fingerprint density at radius 1 is 1.11 bits per heavy atom. The Hall–Kier alpha value is -1.76. The second kappa shape index (κ2) is 6.42. The van der Waals surface area contributed by atoms with E-state index in [1.165, 1.54) is 0 Å². The van der Waals surface area contributed by atoms with E-state index >= 15 is 0 Å². The van der Waals surface area contributed by atoms with Gasteiger partial charge in [-0.1, -0.05) is 35.3 Å². The Labute approximate surface area is 121 Å². The molecule has 96 valence electrons. The van der Waals surface area contributed by atoms with Gasteiger partial charge in [0, 0.05) is 0 Å². The fraction of sp³-hybridized carbons (Fsp3) is 0.143. The minimum Gasteiger partial charge on any atom is -0.487 e. The molecule has 0 saturated heterocycles. The lowest BCUT2D eigenvalue weighted by molar-refractivity contribution is 0.301. The second-order valence-electron chi connectivity index (χ2n) is 3.83. The van der Waals surface area contributed by atoms with Gasteiger partial charge in [-0.3, -0.25) is 0 Å². The van der Waals surface area contributed by atoms with Gasteiger partial charge in [-0.15, -0.1) is 0 Å². The number of nitrogens with zero attached hydrogens (tertiary/aromatic N) is 2. The predicted octanol–water partition coefficient (Wildman–Crippen LogP) is 4.03. The van der Waals surface area contributed by atoms with Gasteiger partial charge in [-0.05, 0) is 29.8 Å².